The van der Waals surface area contributed by atoms with E-state index in [1.54, 1.807) is 0 Å². The van der Waals surface area contributed by atoms with Crippen molar-refractivity contribution in [3.05, 3.63) is 69.8 Å². The molecule has 0 bridgehead atoms. The quantitative estimate of drug-likeness (QED) is 0.490. The van der Waals surface area contributed by atoms with Crippen LogP contribution in [0.15, 0.2) is 48.5 Å². The van der Waals surface area contributed by atoms with E-state index in [0.717, 1.165) is 18.2 Å². The second-order valence-electron chi connectivity index (χ2n) is 4.94. The van der Waals surface area contributed by atoms with Gasteiger partial charge in [0.2, 0.25) is 0 Å². The lowest BCUT2D eigenvalue weighted by atomic mass is 10.2. The summed E-state index contributed by atoms with van der Waals surface area (Å²) in [5, 5.41) is 13.1. The first kappa shape index (κ1) is 18.2. The Morgan fingerprint density at radius 3 is 2.56 bits per heavy atom. The molecule has 0 aliphatic heterocycles. The van der Waals surface area contributed by atoms with Crippen LogP contribution in [0.4, 0.5) is 18.9 Å². The molecule has 0 spiro atoms. The van der Waals surface area contributed by atoms with E-state index in [1.807, 2.05) is 0 Å². The minimum absolute atomic E-state index is 0.0256. The number of benzene rings is 2. The van der Waals surface area contributed by atoms with Crippen LogP contribution < -0.4 is 10.1 Å². The van der Waals surface area contributed by atoms with Gasteiger partial charge in [0, 0.05) is 17.7 Å². The topological polar surface area (TPSA) is 81.5 Å². The number of hydrogen-bond donors (Lipinski definition) is 1. The Kier molecular flexibility index (Phi) is 5.58. The first-order chi connectivity index (χ1) is 11.8. The van der Waals surface area contributed by atoms with Crippen LogP contribution >= 0.6 is 0 Å². The highest BCUT2D eigenvalue weighted by Crippen LogP contribution is 2.31. The molecule has 0 aliphatic carbocycles. The number of non-ortho nitro benzene ring substituents is 1. The molecule has 2 rings (SSSR count). The van der Waals surface area contributed by atoms with E-state index in [2.05, 4.69) is 5.32 Å². The third-order valence-corrected chi connectivity index (χ3v) is 3.14. The van der Waals surface area contributed by atoms with Gasteiger partial charge in [-0.1, -0.05) is 12.1 Å². The zero-order valence-electron chi connectivity index (χ0n) is 12.7. The average Bonchev–Trinajstić information content (AvgIpc) is 2.58. The molecule has 0 atom stereocenters. The molecule has 0 aromatic heterocycles. The Labute approximate surface area is 140 Å². The Morgan fingerprint density at radius 1 is 1.16 bits per heavy atom. The van der Waals surface area contributed by atoms with Crippen molar-refractivity contribution < 1.29 is 27.6 Å². The predicted octanol–water partition coefficient (Wildman–Crippen LogP) is 3.42. The number of ether oxygens (including phenoxy) is 1. The van der Waals surface area contributed by atoms with E-state index >= 15 is 0 Å². The predicted molar refractivity (Wildman–Crippen MR) is 82.4 cm³/mol. The molecule has 0 radical (unpaired) electrons. The molecule has 2 aromatic rings. The van der Waals surface area contributed by atoms with Crippen molar-refractivity contribution in [1.29, 1.82) is 0 Å². The Bertz CT molecular complexity index is 778. The molecular weight excluding hydrogens is 341 g/mol. The Balaban J connectivity index is 1.86. The summed E-state index contributed by atoms with van der Waals surface area (Å²) in [5.41, 5.74) is -0.938. The minimum atomic E-state index is -4.46. The smallest absolute Gasteiger partial charge is 0.416 e. The van der Waals surface area contributed by atoms with Gasteiger partial charge < -0.3 is 10.1 Å². The normalized spacial score (nSPS) is 11.0. The second kappa shape index (κ2) is 7.65. The van der Waals surface area contributed by atoms with Crippen LogP contribution in [-0.2, 0) is 6.18 Å². The maximum Gasteiger partial charge on any atom is 0.416 e. The van der Waals surface area contributed by atoms with Gasteiger partial charge in [-0.3, -0.25) is 14.9 Å². The van der Waals surface area contributed by atoms with E-state index in [0.29, 0.717) is 0 Å². The average molecular weight is 354 g/mol. The molecule has 1 N–H and O–H groups in total. The van der Waals surface area contributed by atoms with E-state index in [9.17, 15) is 28.1 Å². The summed E-state index contributed by atoms with van der Waals surface area (Å²) >= 11 is 0. The van der Waals surface area contributed by atoms with Gasteiger partial charge in [-0.2, -0.15) is 13.2 Å². The molecule has 1 amide bonds. The molecule has 6 nitrogen and oxygen atoms in total. The minimum Gasteiger partial charge on any atom is -0.492 e. The van der Waals surface area contributed by atoms with Crippen molar-refractivity contribution >= 4 is 11.6 Å². The summed E-state index contributed by atoms with van der Waals surface area (Å²) in [6, 6.07) is 9.56. The summed E-state index contributed by atoms with van der Waals surface area (Å²) in [5.74, 6) is -0.518. The van der Waals surface area contributed by atoms with Crippen molar-refractivity contribution in [2.24, 2.45) is 0 Å². The zero-order chi connectivity index (χ0) is 18.4. The number of nitrogens with one attached hydrogen (secondary N) is 1. The number of nitro benzene ring substituents is 1. The number of nitrogens with zero attached hydrogens (tertiary/aromatic N) is 1. The maximum absolute atomic E-state index is 12.6. The first-order valence-electron chi connectivity index (χ1n) is 7.10. The Morgan fingerprint density at radius 2 is 1.88 bits per heavy atom. The van der Waals surface area contributed by atoms with E-state index in [4.69, 9.17) is 4.74 Å². The molecule has 0 heterocycles. The number of hydrogen-bond acceptors (Lipinski definition) is 4. The summed E-state index contributed by atoms with van der Waals surface area (Å²) in [6.45, 7) is -0.0280. The van der Waals surface area contributed by atoms with E-state index < -0.39 is 22.6 Å². The molecular formula is C16H13F3N2O4. The molecule has 25 heavy (non-hydrogen) atoms. The third kappa shape index (κ3) is 5.20. The number of amides is 1. The van der Waals surface area contributed by atoms with Crippen LogP contribution in [0.3, 0.4) is 0 Å². The molecule has 2 aromatic carbocycles. The van der Waals surface area contributed by atoms with E-state index in [-0.39, 0.29) is 30.2 Å². The summed E-state index contributed by atoms with van der Waals surface area (Å²) in [4.78, 5) is 21.9. The van der Waals surface area contributed by atoms with Gasteiger partial charge in [-0.15, -0.1) is 0 Å². The second-order valence-corrected chi connectivity index (χ2v) is 4.94. The molecule has 0 saturated heterocycles. The zero-order valence-corrected chi connectivity index (χ0v) is 12.7. The fourth-order valence-electron chi connectivity index (χ4n) is 1.96. The first-order valence-corrected chi connectivity index (χ1v) is 7.10. The van der Waals surface area contributed by atoms with Gasteiger partial charge in [0.05, 0.1) is 17.0 Å². The Hall–Kier alpha value is -3.10. The van der Waals surface area contributed by atoms with Gasteiger partial charge in [-0.05, 0) is 24.3 Å². The lowest BCUT2D eigenvalue weighted by molar-refractivity contribution is -0.384. The number of nitro groups is 1. The van der Waals surface area contributed by atoms with Crippen molar-refractivity contribution in [2.75, 3.05) is 13.2 Å². The summed E-state index contributed by atoms with van der Waals surface area (Å²) < 4.78 is 42.9. The monoisotopic (exact) mass is 354 g/mol. The third-order valence-electron chi connectivity index (χ3n) is 3.14. The number of rotatable bonds is 6. The molecule has 0 saturated carbocycles. The molecule has 0 fully saturated rings. The summed E-state index contributed by atoms with van der Waals surface area (Å²) in [6.07, 6.45) is -4.46. The number of carbonyl (C=O) groups is 1. The van der Waals surface area contributed by atoms with Crippen molar-refractivity contribution in [2.45, 2.75) is 6.18 Å². The van der Waals surface area contributed by atoms with Gasteiger partial charge in [0.1, 0.15) is 12.4 Å². The summed E-state index contributed by atoms with van der Waals surface area (Å²) in [7, 11) is 0. The van der Waals surface area contributed by atoms with Crippen LogP contribution in [0, 0.1) is 10.1 Å². The fourth-order valence-corrected chi connectivity index (χ4v) is 1.96. The largest absolute Gasteiger partial charge is 0.492 e. The number of halogens is 3. The standard InChI is InChI=1S/C16H13F3N2O4/c17-16(18,19)12-4-2-6-14(10-12)25-8-7-20-15(22)11-3-1-5-13(9-11)21(23)24/h1-6,9-10H,7-8H2,(H,20,22). The van der Waals surface area contributed by atoms with Crippen LogP contribution in [0.5, 0.6) is 5.75 Å². The lowest BCUT2D eigenvalue weighted by Gasteiger charge is -2.10. The van der Waals surface area contributed by atoms with Crippen LogP contribution in [0.1, 0.15) is 15.9 Å². The van der Waals surface area contributed by atoms with Crippen LogP contribution in [0.2, 0.25) is 0 Å². The molecule has 9 heteroatoms. The highest BCUT2D eigenvalue weighted by molar-refractivity contribution is 5.94. The molecule has 0 aliphatic rings. The van der Waals surface area contributed by atoms with Gasteiger partial charge in [0.25, 0.3) is 11.6 Å². The van der Waals surface area contributed by atoms with Gasteiger partial charge >= 0.3 is 6.18 Å². The fraction of sp³-hybridized carbons (Fsp3) is 0.188. The van der Waals surface area contributed by atoms with Crippen molar-refractivity contribution in [3.8, 4) is 5.75 Å². The van der Waals surface area contributed by atoms with E-state index in [1.165, 1.54) is 30.3 Å². The highest BCUT2D eigenvalue weighted by atomic mass is 19.4. The number of alkyl halides is 3. The van der Waals surface area contributed by atoms with Crippen molar-refractivity contribution in [3.63, 3.8) is 0 Å². The van der Waals surface area contributed by atoms with Gasteiger partial charge in [0.15, 0.2) is 0 Å². The SMILES string of the molecule is O=C(NCCOc1cccc(C(F)(F)F)c1)c1cccc([N+](=O)[O-])c1. The van der Waals surface area contributed by atoms with Gasteiger partial charge in [-0.25, -0.2) is 0 Å². The highest BCUT2D eigenvalue weighted by Gasteiger charge is 2.30. The molecule has 0 unspecified atom stereocenters. The van der Waals surface area contributed by atoms with Crippen LogP contribution in [-0.4, -0.2) is 24.0 Å². The van der Waals surface area contributed by atoms with Crippen LogP contribution in [0.25, 0.3) is 0 Å². The maximum atomic E-state index is 12.6. The number of carbonyl (C=O) groups excluding carboxylic acids is 1. The lowest BCUT2D eigenvalue weighted by Crippen LogP contribution is -2.28. The van der Waals surface area contributed by atoms with Crippen molar-refractivity contribution in [1.82, 2.24) is 5.32 Å². The molecule has 132 valence electrons.